The van der Waals surface area contributed by atoms with Crippen molar-refractivity contribution in [1.29, 1.82) is 0 Å². The van der Waals surface area contributed by atoms with Gasteiger partial charge in [0.1, 0.15) is 11.2 Å². The summed E-state index contributed by atoms with van der Waals surface area (Å²) in [6, 6.07) is 48.9. The van der Waals surface area contributed by atoms with Gasteiger partial charge in [-0.2, -0.15) is 0 Å². The van der Waals surface area contributed by atoms with E-state index < -0.39 is 0 Å². The Morgan fingerprint density at radius 3 is 2.09 bits per heavy atom. The highest BCUT2D eigenvalue weighted by Gasteiger charge is 2.40. The fraction of sp³-hybridized carbons (Fsp3) is 0.250. The summed E-state index contributed by atoms with van der Waals surface area (Å²) < 4.78 is 11.9. The second kappa shape index (κ2) is 13.6. The number of aromatic nitrogens is 1. The minimum Gasteiger partial charge on any atom is -0.456 e. The number of hydrogen-bond donors (Lipinski definition) is 1. The molecule has 0 amide bonds. The van der Waals surface area contributed by atoms with Crippen LogP contribution in [0.2, 0.25) is 0 Å². The maximum Gasteiger partial charge on any atom is 0.197 e. The van der Waals surface area contributed by atoms with Crippen molar-refractivity contribution in [2.45, 2.75) is 104 Å². The molecular formula is C64H56BN2OS. The Balaban J connectivity index is 1.08. The van der Waals surface area contributed by atoms with Gasteiger partial charge in [-0.3, -0.25) is 0 Å². The van der Waals surface area contributed by atoms with Crippen LogP contribution >= 0.6 is 11.3 Å². The number of anilines is 2. The van der Waals surface area contributed by atoms with Crippen LogP contribution < -0.4 is 16.2 Å². The summed E-state index contributed by atoms with van der Waals surface area (Å²) >= 11 is 1.94. The maximum absolute atomic E-state index is 6.66. The predicted octanol–water partition coefficient (Wildman–Crippen LogP) is 16.7. The molecule has 1 radical (unpaired) electrons. The molecule has 0 saturated heterocycles. The van der Waals surface area contributed by atoms with E-state index in [9.17, 15) is 0 Å². The first-order chi connectivity index (χ1) is 32.9. The highest BCUT2D eigenvalue weighted by atomic mass is 32.1. The molecule has 0 unspecified atom stereocenters. The number of aryl methyl sites for hydroxylation is 1. The number of nitrogens with one attached hydrogen (secondary N) is 1. The van der Waals surface area contributed by atoms with Crippen LogP contribution in [0.3, 0.4) is 0 Å². The highest BCUT2D eigenvalue weighted by molar-refractivity contribution is 7.25. The molecule has 5 heteroatoms. The number of fused-ring (bicyclic) bond motifs is 15. The summed E-state index contributed by atoms with van der Waals surface area (Å²) in [6.07, 6.45) is 2.39. The molecule has 3 aromatic heterocycles. The van der Waals surface area contributed by atoms with Gasteiger partial charge in [0, 0.05) is 81.3 Å². The molecule has 0 saturated carbocycles. The van der Waals surface area contributed by atoms with Gasteiger partial charge in [-0.1, -0.05) is 135 Å². The molecule has 3 nitrogen and oxygen atoms in total. The first kappa shape index (κ1) is 41.4. The van der Waals surface area contributed by atoms with Crippen LogP contribution in [-0.4, -0.2) is 11.8 Å². The van der Waals surface area contributed by atoms with Crippen LogP contribution in [0.5, 0.6) is 0 Å². The van der Waals surface area contributed by atoms with E-state index in [-0.39, 0.29) is 21.7 Å². The van der Waals surface area contributed by atoms with E-state index in [1.165, 1.54) is 127 Å². The third-order valence-electron chi connectivity index (χ3n) is 16.9. The first-order valence-corrected chi connectivity index (χ1v) is 25.8. The molecule has 8 aromatic carbocycles. The minimum absolute atomic E-state index is 0.0652. The van der Waals surface area contributed by atoms with Gasteiger partial charge in [-0.25, -0.2) is 0 Å². The molecule has 14 rings (SSSR count). The topological polar surface area (TPSA) is 30.1 Å². The fourth-order valence-corrected chi connectivity index (χ4v) is 14.1. The smallest absolute Gasteiger partial charge is 0.197 e. The average molecular weight is 912 g/mol. The summed E-state index contributed by atoms with van der Waals surface area (Å²) in [5, 5.41) is 11.6. The molecule has 69 heavy (non-hydrogen) atoms. The van der Waals surface area contributed by atoms with Gasteiger partial charge in [0.15, 0.2) is 7.28 Å². The average Bonchev–Trinajstić information content (AvgIpc) is 4.03. The summed E-state index contributed by atoms with van der Waals surface area (Å²) in [5.41, 5.74) is 23.8. The Hall–Kier alpha value is -6.56. The SMILES string of the molecule is Cc1cc(-c2cc3c(cc2Nc2ccc(C(C)(C)C)cc2)sc2cc4c(cc23)C(C)(C)CCC4(C)C)c2c3c1c1cc4c(cc1n3-c1cc3c(cc1[B]2)-c1ccccc1C3(C)C)oc1ccccc14. The number of hydrogen-bond acceptors (Lipinski definition) is 3. The molecule has 0 spiro atoms. The molecule has 1 aliphatic heterocycles. The van der Waals surface area contributed by atoms with E-state index in [1.807, 2.05) is 11.3 Å². The lowest BCUT2D eigenvalue weighted by atomic mass is 9.58. The number of nitrogens with zero attached hydrogens (tertiary/aromatic N) is 1. The third-order valence-corrected chi connectivity index (χ3v) is 18.1. The van der Waals surface area contributed by atoms with E-state index in [1.54, 1.807) is 0 Å². The zero-order chi connectivity index (χ0) is 47.3. The molecule has 2 aliphatic carbocycles. The van der Waals surface area contributed by atoms with Crippen molar-refractivity contribution < 1.29 is 4.42 Å². The summed E-state index contributed by atoms with van der Waals surface area (Å²) in [7, 11) is 2.51. The monoisotopic (exact) mass is 911 g/mol. The van der Waals surface area contributed by atoms with E-state index in [0.29, 0.717) is 0 Å². The molecule has 1 N–H and O–H groups in total. The molecule has 0 bridgehead atoms. The lowest BCUT2D eigenvalue weighted by Gasteiger charge is -2.41. The van der Waals surface area contributed by atoms with Crippen molar-refractivity contribution in [1.82, 2.24) is 4.57 Å². The van der Waals surface area contributed by atoms with E-state index in [4.69, 9.17) is 4.42 Å². The number of thiophene rings is 1. The predicted molar refractivity (Wildman–Crippen MR) is 297 cm³/mol. The van der Waals surface area contributed by atoms with Crippen LogP contribution in [0.1, 0.15) is 109 Å². The van der Waals surface area contributed by atoms with Crippen LogP contribution in [0.25, 0.3) is 91.9 Å². The molecule has 11 aromatic rings. The van der Waals surface area contributed by atoms with Crippen LogP contribution in [0.15, 0.2) is 132 Å². The second-order valence-corrected chi connectivity index (χ2v) is 24.6. The Morgan fingerprint density at radius 2 is 1.30 bits per heavy atom. The summed E-state index contributed by atoms with van der Waals surface area (Å²) in [6.45, 7) is 23.7. The zero-order valence-electron chi connectivity index (χ0n) is 41.4. The quantitative estimate of drug-likeness (QED) is 0.179. The highest BCUT2D eigenvalue weighted by Crippen LogP contribution is 2.53. The van der Waals surface area contributed by atoms with Crippen molar-refractivity contribution >= 4 is 105 Å². The number of benzene rings is 8. The van der Waals surface area contributed by atoms with Crippen molar-refractivity contribution in [3.8, 4) is 27.9 Å². The normalized spacial score (nSPS) is 16.3. The van der Waals surface area contributed by atoms with Gasteiger partial charge in [-0.15, -0.1) is 11.3 Å². The second-order valence-electron chi connectivity index (χ2n) is 23.6. The Labute approximate surface area is 409 Å². The van der Waals surface area contributed by atoms with E-state index in [2.05, 4.69) is 214 Å². The Kier molecular flexibility index (Phi) is 8.17. The third kappa shape index (κ3) is 5.74. The summed E-state index contributed by atoms with van der Waals surface area (Å²) in [5.74, 6) is 0. The van der Waals surface area contributed by atoms with Gasteiger partial charge in [0.05, 0.1) is 5.52 Å². The van der Waals surface area contributed by atoms with Crippen LogP contribution in [-0.2, 0) is 21.7 Å². The molecule has 3 aliphatic rings. The van der Waals surface area contributed by atoms with Crippen molar-refractivity contribution in [2.24, 2.45) is 0 Å². The summed E-state index contributed by atoms with van der Waals surface area (Å²) in [4.78, 5) is 0. The molecule has 0 atom stereocenters. The van der Waals surface area contributed by atoms with Crippen molar-refractivity contribution in [3.63, 3.8) is 0 Å². The van der Waals surface area contributed by atoms with Gasteiger partial charge < -0.3 is 14.3 Å². The standard InChI is InChI=1S/C64H56BN2OS/c1-34-25-44(40-26-42-43-28-48-49(63(7,8)24-23-62(48,5)6)31-56(43)69-57(42)32-51(40)66-36-21-19-35(20-22-36)61(2,3)4)59-60-58(34)45-27-41-38-16-12-14-18-54(38)68-55(41)33-52(45)67(60)53-30-47-39(29-50(53)65-59)37-15-11-13-17-46(37)64(47,9)10/h11-22,25-33,66H,23-24H2,1-10H3. The number of para-hydroxylation sites is 1. The largest absolute Gasteiger partial charge is 0.456 e. The van der Waals surface area contributed by atoms with Crippen LogP contribution in [0.4, 0.5) is 11.4 Å². The first-order valence-electron chi connectivity index (χ1n) is 24.9. The number of rotatable bonds is 3. The Morgan fingerprint density at radius 1 is 0.594 bits per heavy atom. The Bertz CT molecular complexity index is 4090. The van der Waals surface area contributed by atoms with Gasteiger partial charge >= 0.3 is 0 Å². The zero-order valence-corrected chi connectivity index (χ0v) is 42.2. The molecule has 0 fully saturated rings. The van der Waals surface area contributed by atoms with E-state index >= 15 is 0 Å². The number of furan rings is 1. The van der Waals surface area contributed by atoms with Gasteiger partial charge in [-0.05, 0) is 146 Å². The lowest BCUT2D eigenvalue weighted by molar-refractivity contribution is 0.332. The molecular weight excluding hydrogens is 856 g/mol. The van der Waals surface area contributed by atoms with Crippen LogP contribution in [0, 0.1) is 6.92 Å². The maximum atomic E-state index is 6.66. The van der Waals surface area contributed by atoms with Gasteiger partial charge in [0.25, 0.3) is 0 Å². The van der Waals surface area contributed by atoms with Gasteiger partial charge in [0.2, 0.25) is 0 Å². The molecule has 4 heterocycles. The van der Waals surface area contributed by atoms with Crippen molar-refractivity contribution in [2.75, 3.05) is 5.32 Å². The fourth-order valence-electron chi connectivity index (χ4n) is 12.9. The van der Waals surface area contributed by atoms with Crippen molar-refractivity contribution in [3.05, 3.63) is 161 Å². The van der Waals surface area contributed by atoms with E-state index in [0.717, 1.165) is 33.3 Å². The minimum atomic E-state index is -0.137. The lowest BCUT2D eigenvalue weighted by Crippen LogP contribution is -2.38. The molecule has 337 valence electrons.